The number of thiophene rings is 1. The van der Waals surface area contributed by atoms with Crippen molar-refractivity contribution in [1.82, 2.24) is 0 Å². The quantitative estimate of drug-likeness (QED) is 0.392. The van der Waals surface area contributed by atoms with Crippen LogP contribution in [0.4, 0.5) is 10.7 Å². The third-order valence-corrected chi connectivity index (χ3v) is 7.51. The van der Waals surface area contributed by atoms with Gasteiger partial charge < -0.3 is 29.6 Å². The smallest absolute Gasteiger partial charge is 0.259 e. The van der Waals surface area contributed by atoms with Gasteiger partial charge in [0.1, 0.15) is 16.5 Å². The minimum absolute atomic E-state index is 0.154. The number of nitrogens with one attached hydrogen (secondary N) is 2. The molecule has 0 radical (unpaired) electrons. The summed E-state index contributed by atoms with van der Waals surface area (Å²) in [6, 6.07) is 11.2. The Hall–Kier alpha value is -3.39. The lowest BCUT2D eigenvalue weighted by Gasteiger charge is -2.19. The van der Waals surface area contributed by atoms with Crippen LogP contribution in [0.1, 0.15) is 39.7 Å². The fourth-order valence-electron chi connectivity index (χ4n) is 4.38. The number of hydrogen-bond acceptors (Lipinski definition) is 7. The van der Waals surface area contributed by atoms with Gasteiger partial charge in [-0.3, -0.25) is 4.79 Å². The molecule has 0 saturated heterocycles. The van der Waals surface area contributed by atoms with Crippen molar-refractivity contribution in [3.63, 3.8) is 0 Å². The van der Waals surface area contributed by atoms with E-state index < -0.39 is 0 Å². The predicted molar refractivity (Wildman–Crippen MR) is 140 cm³/mol. The normalized spacial score (nSPS) is 14.6. The summed E-state index contributed by atoms with van der Waals surface area (Å²) in [5.74, 6) is 3.04. The van der Waals surface area contributed by atoms with Gasteiger partial charge in [-0.05, 0) is 60.6 Å². The van der Waals surface area contributed by atoms with Crippen LogP contribution in [0.5, 0.6) is 23.0 Å². The van der Waals surface area contributed by atoms with Crippen LogP contribution in [0.3, 0.4) is 0 Å². The zero-order valence-corrected chi connectivity index (χ0v) is 21.6. The molecule has 1 aliphatic rings. The summed E-state index contributed by atoms with van der Waals surface area (Å²) in [6.45, 7) is 2.82. The van der Waals surface area contributed by atoms with Crippen molar-refractivity contribution in [3.05, 3.63) is 58.0 Å². The standard InChI is InChI=1S/C27H32N2O5S/c1-16-6-9-19-24(12-16)35-27(28-15-17-7-10-22(33-4)23(13-17)34-5)25(19)26(30)29-20-14-18(31-2)8-11-21(20)32-3/h7-8,10-11,13-14,16,28H,6,9,12,15H2,1-5H3,(H,29,30)/t16-/m1/s1. The van der Waals surface area contributed by atoms with E-state index >= 15 is 0 Å². The van der Waals surface area contributed by atoms with E-state index in [9.17, 15) is 4.79 Å². The van der Waals surface area contributed by atoms with Gasteiger partial charge in [0, 0.05) is 17.5 Å². The molecular formula is C27H32N2O5S. The van der Waals surface area contributed by atoms with Crippen LogP contribution in [-0.2, 0) is 19.4 Å². The Labute approximate surface area is 210 Å². The number of amides is 1. The second-order valence-corrected chi connectivity index (χ2v) is 9.72. The third-order valence-electron chi connectivity index (χ3n) is 6.29. The highest BCUT2D eigenvalue weighted by Gasteiger charge is 2.28. The summed E-state index contributed by atoms with van der Waals surface area (Å²) in [5, 5.41) is 7.45. The van der Waals surface area contributed by atoms with Gasteiger partial charge >= 0.3 is 0 Å². The third kappa shape index (κ3) is 5.32. The Balaban J connectivity index is 1.64. The van der Waals surface area contributed by atoms with Crippen molar-refractivity contribution in [2.45, 2.75) is 32.7 Å². The largest absolute Gasteiger partial charge is 0.497 e. The summed E-state index contributed by atoms with van der Waals surface area (Å²) in [4.78, 5) is 14.9. The highest BCUT2D eigenvalue weighted by Crippen LogP contribution is 2.41. The van der Waals surface area contributed by atoms with Crippen molar-refractivity contribution >= 4 is 27.9 Å². The second kappa shape index (κ2) is 10.9. The molecule has 8 heteroatoms. The van der Waals surface area contributed by atoms with E-state index in [1.807, 2.05) is 18.2 Å². The van der Waals surface area contributed by atoms with Gasteiger partial charge in [0.15, 0.2) is 11.5 Å². The van der Waals surface area contributed by atoms with Crippen molar-refractivity contribution in [1.29, 1.82) is 0 Å². The van der Waals surface area contributed by atoms with Crippen LogP contribution in [0.15, 0.2) is 36.4 Å². The van der Waals surface area contributed by atoms with E-state index in [4.69, 9.17) is 18.9 Å². The van der Waals surface area contributed by atoms with E-state index in [2.05, 4.69) is 17.6 Å². The van der Waals surface area contributed by atoms with E-state index in [0.29, 0.717) is 46.7 Å². The molecule has 1 heterocycles. The van der Waals surface area contributed by atoms with Crippen molar-refractivity contribution < 1.29 is 23.7 Å². The van der Waals surface area contributed by atoms with Crippen LogP contribution in [0, 0.1) is 5.92 Å². The zero-order chi connectivity index (χ0) is 24.9. The summed E-state index contributed by atoms with van der Waals surface area (Å²) < 4.78 is 21.6. The van der Waals surface area contributed by atoms with Gasteiger partial charge in [-0.15, -0.1) is 11.3 Å². The molecule has 1 atom stereocenters. The van der Waals surface area contributed by atoms with E-state index in [-0.39, 0.29) is 5.91 Å². The Bertz CT molecular complexity index is 1210. The average Bonchev–Trinajstić information content (AvgIpc) is 3.24. The maximum Gasteiger partial charge on any atom is 0.259 e. The number of methoxy groups -OCH3 is 4. The van der Waals surface area contributed by atoms with Gasteiger partial charge in [-0.2, -0.15) is 0 Å². The Morgan fingerprint density at radius 1 is 0.971 bits per heavy atom. The van der Waals surface area contributed by atoms with Gasteiger partial charge in [0.2, 0.25) is 0 Å². The number of carbonyl (C=O) groups excluding carboxylic acids is 1. The Morgan fingerprint density at radius 3 is 2.43 bits per heavy atom. The summed E-state index contributed by atoms with van der Waals surface area (Å²) in [7, 11) is 6.43. The minimum Gasteiger partial charge on any atom is -0.497 e. The topological polar surface area (TPSA) is 78.1 Å². The molecule has 2 N–H and O–H groups in total. The Morgan fingerprint density at radius 2 is 1.71 bits per heavy atom. The lowest BCUT2D eigenvalue weighted by molar-refractivity contribution is 0.102. The van der Waals surface area contributed by atoms with Crippen LogP contribution in [0.25, 0.3) is 0 Å². The minimum atomic E-state index is -0.154. The molecule has 0 aliphatic heterocycles. The first-order valence-corrected chi connectivity index (χ1v) is 12.4. The molecule has 4 rings (SSSR count). The fraction of sp³-hybridized carbons (Fsp3) is 0.370. The summed E-state index contributed by atoms with van der Waals surface area (Å²) >= 11 is 1.68. The second-order valence-electron chi connectivity index (χ2n) is 8.62. The number of hydrogen-bond donors (Lipinski definition) is 2. The molecule has 0 saturated carbocycles. The molecule has 0 spiro atoms. The molecule has 0 fully saturated rings. The first-order chi connectivity index (χ1) is 17.0. The predicted octanol–water partition coefficient (Wildman–Crippen LogP) is 5.77. The molecule has 2 aromatic carbocycles. The molecule has 0 bridgehead atoms. The first kappa shape index (κ1) is 24.7. The van der Waals surface area contributed by atoms with Crippen molar-refractivity contribution in [2.24, 2.45) is 5.92 Å². The van der Waals surface area contributed by atoms with Crippen LogP contribution in [-0.4, -0.2) is 34.3 Å². The Kier molecular flexibility index (Phi) is 7.70. The van der Waals surface area contributed by atoms with Gasteiger partial charge in [-0.1, -0.05) is 13.0 Å². The maximum absolute atomic E-state index is 13.6. The first-order valence-electron chi connectivity index (χ1n) is 11.6. The molecule has 1 aliphatic carbocycles. The van der Waals surface area contributed by atoms with Crippen LogP contribution < -0.4 is 29.6 Å². The van der Waals surface area contributed by atoms with Gasteiger partial charge in [-0.25, -0.2) is 0 Å². The molecule has 186 valence electrons. The highest BCUT2D eigenvalue weighted by atomic mass is 32.1. The summed E-state index contributed by atoms with van der Waals surface area (Å²) in [6.07, 6.45) is 2.95. The molecule has 7 nitrogen and oxygen atoms in total. The monoisotopic (exact) mass is 496 g/mol. The van der Waals surface area contributed by atoms with E-state index in [1.54, 1.807) is 58.0 Å². The SMILES string of the molecule is COc1ccc(OC)c(NC(=O)c2c(NCc3ccc(OC)c(OC)c3)sc3c2CC[C@@H](C)C3)c1. The number of benzene rings is 2. The number of anilines is 2. The van der Waals surface area contributed by atoms with E-state index in [0.717, 1.165) is 35.4 Å². The lowest BCUT2D eigenvalue weighted by Crippen LogP contribution is -2.18. The number of rotatable bonds is 9. The van der Waals surface area contributed by atoms with Crippen LogP contribution in [0.2, 0.25) is 0 Å². The lowest BCUT2D eigenvalue weighted by atomic mass is 9.88. The number of carbonyl (C=O) groups is 1. The molecule has 0 unspecified atom stereocenters. The molecule has 1 aromatic heterocycles. The molecule has 35 heavy (non-hydrogen) atoms. The fourth-order valence-corrected chi connectivity index (χ4v) is 5.79. The number of ether oxygens (including phenoxy) is 4. The van der Waals surface area contributed by atoms with Crippen LogP contribution >= 0.6 is 11.3 Å². The summed E-state index contributed by atoms with van der Waals surface area (Å²) in [5.41, 5.74) is 3.46. The molecular weight excluding hydrogens is 464 g/mol. The zero-order valence-electron chi connectivity index (χ0n) is 20.8. The maximum atomic E-state index is 13.6. The van der Waals surface area contributed by atoms with Crippen molar-refractivity contribution in [3.8, 4) is 23.0 Å². The van der Waals surface area contributed by atoms with Crippen molar-refractivity contribution in [2.75, 3.05) is 39.1 Å². The van der Waals surface area contributed by atoms with Gasteiger partial charge in [0.05, 0.1) is 39.7 Å². The van der Waals surface area contributed by atoms with Gasteiger partial charge in [0.25, 0.3) is 5.91 Å². The number of fused-ring (bicyclic) bond motifs is 1. The average molecular weight is 497 g/mol. The van der Waals surface area contributed by atoms with E-state index in [1.165, 1.54) is 4.88 Å². The molecule has 3 aromatic rings. The highest BCUT2D eigenvalue weighted by molar-refractivity contribution is 7.16. The molecule has 1 amide bonds.